The molecule has 0 amide bonds. The molecule has 4 nitrogen and oxygen atoms in total. The van der Waals surface area contributed by atoms with E-state index < -0.39 is 0 Å². The van der Waals surface area contributed by atoms with Gasteiger partial charge in [0.15, 0.2) is 5.65 Å². The molecular formula is C13H17BrN4. The van der Waals surface area contributed by atoms with Gasteiger partial charge < -0.3 is 4.90 Å². The number of anilines is 1. The first kappa shape index (κ1) is 12.0. The fourth-order valence-electron chi connectivity index (χ4n) is 2.85. The fraction of sp³-hybridized carbons (Fsp3) is 0.538. The van der Waals surface area contributed by atoms with Gasteiger partial charge in [0.2, 0.25) is 0 Å². The van der Waals surface area contributed by atoms with Crippen molar-refractivity contribution in [3.63, 3.8) is 0 Å². The summed E-state index contributed by atoms with van der Waals surface area (Å²) < 4.78 is 2.75. The average molecular weight is 309 g/mol. The number of hydrogen-bond donors (Lipinski definition) is 0. The second-order valence-electron chi connectivity index (χ2n) is 5.39. The molecule has 0 spiro atoms. The van der Waals surface area contributed by atoms with Gasteiger partial charge in [0.1, 0.15) is 10.4 Å². The summed E-state index contributed by atoms with van der Waals surface area (Å²) in [5, 5.41) is 4.66. The number of hydrogen-bond acceptors (Lipinski definition) is 3. The largest absolute Gasteiger partial charge is 0.355 e. The molecule has 2 atom stereocenters. The predicted octanol–water partition coefficient (Wildman–Crippen LogP) is 2.97. The molecule has 0 saturated carbocycles. The Labute approximate surface area is 115 Å². The topological polar surface area (TPSA) is 33.4 Å². The lowest BCUT2D eigenvalue weighted by molar-refractivity contribution is 0.354. The summed E-state index contributed by atoms with van der Waals surface area (Å²) in [6.07, 6.45) is 3.10. The molecule has 1 aliphatic rings. The van der Waals surface area contributed by atoms with E-state index in [4.69, 9.17) is 0 Å². The Morgan fingerprint density at radius 1 is 1.22 bits per heavy atom. The number of aromatic nitrogens is 3. The first-order valence-corrected chi connectivity index (χ1v) is 7.18. The molecule has 0 aliphatic carbocycles. The molecule has 5 heteroatoms. The van der Waals surface area contributed by atoms with Gasteiger partial charge in [-0.15, -0.1) is 5.10 Å². The van der Waals surface area contributed by atoms with E-state index in [-0.39, 0.29) is 0 Å². The lowest BCUT2D eigenvalue weighted by Gasteiger charge is -2.35. The quantitative estimate of drug-likeness (QED) is 0.812. The molecule has 0 bridgehead atoms. The second-order valence-corrected chi connectivity index (χ2v) is 6.21. The molecule has 2 aromatic rings. The standard InChI is InChI=1S/C13H17BrN4/c1-9-5-10(2)8-17(7-9)13-4-3-12-15-6-11(14)18(12)16-13/h3-4,6,9-10H,5,7-8H2,1-2H3. The molecule has 96 valence electrons. The van der Waals surface area contributed by atoms with Crippen LogP contribution in [0.5, 0.6) is 0 Å². The minimum Gasteiger partial charge on any atom is -0.355 e. The Morgan fingerprint density at radius 3 is 2.67 bits per heavy atom. The third kappa shape index (κ3) is 2.11. The maximum absolute atomic E-state index is 4.66. The lowest BCUT2D eigenvalue weighted by Crippen LogP contribution is -2.39. The van der Waals surface area contributed by atoms with E-state index in [1.165, 1.54) is 6.42 Å². The van der Waals surface area contributed by atoms with Gasteiger partial charge in [-0.2, -0.15) is 0 Å². The minimum atomic E-state index is 0.734. The van der Waals surface area contributed by atoms with Crippen LogP contribution in [0.4, 0.5) is 5.82 Å². The molecule has 1 aliphatic heterocycles. The van der Waals surface area contributed by atoms with E-state index in [0.717, 1.165) is 41.0 Å². The molecule has 3 rings (SSSR count). The van der Waals surface area contributed by atoms with Gasteiger partial charge in [0.05, 0.1) is 6.20 Å². The number of nitrogens with zero attached hydrogens (tertiary/aromatic N) is 4. The first-order chi connectivity index (χ1) is 8.63. The van der Waals surface area contributed by atoms with Gasteiger partial charge in [-0.25, -0.2) is 9.50 Å². The highest BCUT2D eigenvalue weighted by atomic mass is 79.9. The van der Waals surface area contributed by atoms with Crippen LogP contribution in [0.15, 0.2) is 22.9 Å². The van der Waals surface area contributed by atoms with Crippen LogP contribution in [0.2, 0.25) is 0 Å². The van der Waals surface area contributed by atoms with Crippen LogP contribution in [-0.2, 0) is 0 Å². The molecule has 3 heterocycles. The fourth-order valence-corrected chi connectivity index (χ4v) is 3.22. The molecule has 2 unspecified atom stereocenters. The summed E-state index contributed by atoms with van der Waals surface area (Å²) in [6, 6.07) is 4.09. The van der Waals surface area contributed by atoms with Crippen molar-refractivity contribution in [2.45, 2.75) is 20.3 Å². The number of piperidine rings is 1. The third-order valence-electron chi connectivity index (χ3n) is 3.50. The monoisotopic (exact) mass is 308 g/mol. The van der Waals surface area contributed by atoms with Crippen molar-refractivity contribution in [2.24, 2.45) is 11.8 Å². The zero-order valence-corrected chi connectivity index (χ0v) is 12.3. The van der Waals surface area contributed by atoms with Crippen LogP contribution in [0.1, 0.15) is 20.3 Å². The summed E-state index contributed by atoms with van der Waals surface area (Å²) in [5.74, 6) is 2.51. The summed E-state index contributed by atoms with van der Waals surface area (Å²) in [5.41, 5.74) is 0.878. The molecule has 1 fully saturated rings. The smallest absolute Gasteiger partial charge is 0.154 e. The average Bonchev–Trinajstić information content (AvgIpc) is 2.69. The Hall–Kier alpha value is -1.10. The van der Waals surface area contributed by atoms with Crippen LogP contribution in [0.25, 0.3) is 5.65 Å². The first-order valence-electron chi connectivity index (χ1n) is 6.38. The molecule has 0 radical (unpaired) electrons. The number of rotatable bonds is 1. The maximum Gasteiger partial charge on any atom is 0.154 e. The van der Waals surface area contributed by atoms with Crippen LogP contribution < -0.4 is 4.90 Å². The normalized spacial score (nSPS) is 24.7. The Balaban J connectivity index is 1.95. The van der Waals surface area contributed by atoms with Crippen molar-refractivity contribution in [1.82, 2.24) is 14.6 Å². The highest BCUT2D eigenvalue weighted by Crippen LogP contribution is 2.25. The number of imidazole rings is 1. The molecule has 0 N–H and O–H groups in total. The van der Waals surface area contributed by atoms with Gasteiger partial charge in [-0.3, -0.25) is 0 Å². The third-order valence-corrected chi connectivity index (χ3v) is 4.04. The van der Waals surface area contributed by atoms with E-state index in [1.54, 1.807) is 6.20 Å². The molecule has 0 aromatic carbocycles. The van der Waals surface area contributed by atoms with Gasteiger partial charge in [0.25, 0.3) is 0 Å². The van der Waals surface area contributed by atoms with E-state index in [1.807, 2.05) is 10.6 Å². The summed E-state index contributed by atoms with van der Waals surface area (Å²) in [6.45, 7) is 6.81. The van der Waals surface area contributed by atoms with Crippen LogP contribution in [0, 0.1) is 11.8 Å². The zero-order valence-electron chi connectivity index (χ0n) is 10.7. The van der Waals surface area contributed by atoms with Crippen molar-refractivity contribution in [3.05, 3.63) is 22.9 Å². The van der Waals surface area contributed by atoms with Crippen molar-refractivity contribution in [3.8, 4) is 0 Å². The molecular weight excluding hydrogens is 292 g/mol. The predicted molar refractivity (Wildman–Crippen MR) is 75.8 cm³/mol. The summed E-state index contributed by atoms with van der Waals surface area (Å²) in [4.78, 5) is 6.65. The van der Waals surface area contributed by atoms with Crippen LogP contribution in [0.3, 0.4) is 0 Å². The molecule has 1 saturated heterocycles. The van der Waals surface area contributed by atoms with Crippen molar-refractivity contribution >= 4 is 27.4 Å². The van der Waals surface area contributed by atoms with Crippen LogP contribution in [-0.4, -0.2) is 27.7 Å². The van der Waals surface area contributed by atoms with Gasteiger partial charge in [-0.1, -0.05) is 13.8 Å². The van der Waals surface area contributed by atoms with Crippen molar-refractivity contribution < 1.29 is 0 Å². The Morgan fingerprint density at radius 2 is 1.94 bits per heavy atom. The number of halogens is 1. The molecule has 18 heavy (non-hydrogen) atoms. The van der Waals surface area contributed by atoms with E-state index in [9.17, 15) is 0 Å². The highest BCUT2D eigenvalue weighted by molar-refractivity contribution is 9.10. The zero-order chi connectivity index (χ0) is 12.7. The number of fused-ring (bicyclic) bond motifs is 1. The SMILES string of the molecule is CC1CC(C)CN(c2ccc3ncc(Br)n3n2)C1. The Bertz CT molecular complexity index is 555. The van der Waals surface area contributed by atoms with Crippen molar-refractivity contribution in [1.29, 1.82) is 0 Å². The van der Waals surface area contributed by atoms with Crippen LogP contribution >= 0.6 is 15.9 Å². The second kappa shape index (κ2) is 4.53. The summed E-state index contributed by atoms with van der Waals surface area (Å²) >= 11 is 3.47. The lowest BCUT2D eigenvalue weighted by atomic mass is 9.92. The Kier molecular flexibility index (Phi) is 3.01. The molecule has 2 aromatic heterocycles. The maximum atomic E-state index is 4.66. The van der Waals surface area contributed by atoms with Gasteiger partial charge in [0, 0.05) is 13.1 Å². The van der Waals surface area contributed by atoms with Gasteiger partial charge in [-0.05, 0) is 46.3 Å². The van der Waals surface area contributed by atoms with E-state index in [2.05, 4.69) is 50.8 Å². The van der Waals surface area contributed by atoms with E-state index >= 15 is 0 Å². The van der Waals surface area contributed by atoms with E-state index in [0.29, 0.717) is 0 Å². The minimum absolute atomic E-state index is 0.734. The summed E-state index contributed by atoms with van der Waals surface area (Å²) in [7, 11) is 0. The van der Waals surface area contributed by atoms with Gasteiger partial charge >= 0.3 is 0 Å². The van der Waals surface area contributed by atoms with Crippen molar-refractivity contribution in [2.75, 3.05) is 18.0 Å². The highest BCUT2D eigenvalue weighted by Gasteiger charge is 2.23.